The lowest BCUT2D eigenvalue weighted by Gasteiger charge is -2.12. The van der Waals surface area contributed by atoms with Crippen molar-refractivity contribution in [2.75, 3.05) is 12.4 Å². The summed E-state index contributed by atoms with van der Waals surface area (Å²) in [5.41, 5.74) is 6.12. The minimum atomic E-state index is -0.505. The fourth-order valence-electron chi connectivity index (χ4n) is 1.06. The SMILES string of the molecule is CC[C@H](N)C(=O)Nc1cnccc1OC. The van der Waals surface area contributed by atoms with Crippen molar-refractivity contribution >= 4 is 11.6 Å². The first-order valence-corrected chi connectivity index (χ1v) is 4.73. The van der Waals surface area contributed by atoms with Crippen LogP contribution in [0.5, 0.6) is 5.75 Å². The van der Waals surface area contributed by atoms with Gasteiger partial charge in [0.25, 0.3) is 0 Å². The van der Waals surface area contributed by atoms with Gasteiger partial charge in [0, 0.05) is 12.3 Å². The lowest BCUT2D eigenvalue weighted by Crippen LogP contribution is -2.34. The number of anilines is 1. The van der Waals surface area contributed by atoms with Crippen LogP contribution in [0.1, 0.15) is 13.3 Å². The Morgan fingerprint density at radius 2 is 2.47 bits per heavy atom. The third kappa shape index (κ3) is 2.92. The zero-order chi connectivity index (χ0) is 11.3. The summed E-state index contributed by atoms with van der Waals surface area (Å²) in [5, 5.41) is 2.66. The number of hydrogen-bond acceptors (Lipinski definition) is 4. The van der Waals surface area contributed by atoms with Gasteiger partial charge in [-0.05, 0) is 6.42 Å². The number of carbonyl (C=O) groups excluding carboxylic acids is 1. The summed E-state index contributed by atoms with van der Waals surface area (Å²) in [6.45, 7) is 1.85. The summed E-state index contributed by atoms with van der Waals surface area (Å²) in [6.07, 6.45) is 3.71. The van der Waals surface area contributed by atoms with Gasteiger partial charge in [-0.1, -0.05) is 6.92 Å². The molecule has 1 aromatic rings. The van der Waals surface area contributed by atoms with Gasteiger partial charge in [-0.2, -0.15) is 0 Å². The molecule has 15 heavy (non-hydrogen) atoms. The van der Waals surface area contributed by atoms with Crippen LogP contribution < -0.4 is 15.8 Å². The van der Waals surface area contributed by atoms with Crippen LogP contribution in [0.3, 0.4) is 0 Å². The molecule has 82 valence electrons. The van der Waals surface area contributed by atoms with Crippen LogP contribution in [0.2, 0.25) is 0 Å². The molecule has 0 saturated heterocycles. The first-order valence-electron chi connectivity index (χ1n) is 4.73. The number of carbonyl (C=O) groups is 1. The number of nitrogens with two attached hydrogens (primary N) is 1. The normalized spacial score (nSPS) is 11.9. The maximum atomic E-state index is 11.5. The average Bonchev–Trinajstić information content (AvgIpc) is 2.28. The average molecular weight is 209 g/mol. The highest BCUT2D eigenvalue weighted by Gasteiger charge is 2.13. The molecule has 1 aromatic heterocycles. The molecule has 1 heterocycles. The van der Waals surface area contributed by atoms with Gasteiger partial charge in [0.15, 0.2) is 0 Å². The molecule has 0 aliphatic carbocycles. The van der Waals surface area contributed by atoms with Crippen molar-refractivity contribution in [2.24, 2.45) is 5.73 Å². The van der Waals surface area contributed by atoms with Gasteiger partial charge in [-0.3, -0.25) is 9.78 Å². The molecule has 1 amide bonds. The van der Waals surface area contributed by atoms with E-state index in [0.29, 0.717) is 17.9 Å². The predicted molar refractivity (Wildman–Crippen MR) is 57.7 cm³/mol. The second kappa shape index (κ2) is 5.31. The second-order valence-corrected chi connectivity index (χ2v) is 3.08. The Morgan fingerprint density at radius 3 is 3.07 bits per heavy atom. The first kappa shape index (κ1) is 11.5. The van der Waals surface area contributed by atoms with E-state index in [1.54, 1.807) is 12.3 Å². The summed E-state index contributed by atoms with van der Waals surface area (Å²) < 4.78 is 5.06. The van der Waals surface area contributed by atoms with Crippen molar-refractivity contribution < 1.29 is 9.53 Å². The number of hydrogen-bond donors (Lipinski definition) is 2. The van der Waals surface area contributed by atoms with Crippen LogP contribution in [0.25, 0.3) is 0 Å². The number of amides is 1. The molecule has 0 fully saturated rings. The van der Waals surface area contributed by atoms with Crippen LogP contribution in [-0.4, -0.2) is 24.0 Å². The molecule has 1 atom stereocenters. The van der Waals surface area contributed by atoms with E-state index >= 15 is 0 Å². The first-order chi connectivity index (χ1) is 7.19. The summed E-state index contributed by atoms with van der Waals surface area (Å²) >= 11 is 0. The van der Waals surface area contributed by atoms with Gasteiger partial charge in [0.05, 0.1) is 19.3 Å². The quantitative estimate of drug-likeness (QED) is 0.767. The zero-order valence-corrected chi connectivity index (χ0v) is 8.86. The van der Waals surface area contributed by atoms with Gasteiger partial charge in [-0.15, -0.1) is 0 Å². The minimum Gasteiger partial charge on any atom is -0.494 e. The molecule has 0 radical (unpaired) electrons. The van der Waals surface area contributed by atoms with E-state index in [1.807, 2.05) is 6.92 Å². The molecule has 0 aromatic carbocycles. The Labute approximate surface area is 88.6 Å². The Morgan fingerprint density at radius 1 is 1.73 bits per heavy atom. The van der Waals surface area contributed by atoms with Gasteiger partial charge in [-0.25, -0.2) is 0 Å². The van der Waals surface area contributed by atoms with Crippen LogP contribution in [0, 0.1) is 0 Å². The van der Waals surface area contributed by atoms with Gasteiger partial charge >= 0.3 is 0 Å². The lowest BCUT2D eigenvalue weighted by molar-refractivity contribution is -0.117. The molecule has 5 heteroatoms. The molecule has 1 rings (SSSR count). The maximum absolute atomic E-state index is 11.5. The number of methoxy groups -OCH3 is 1. The lowest BCUT2D eigenvalue weighted by atomic mass is 10.2. The summed E-state index contributed by atoms with van der Waals surface area (Å²) in [4.78, 5) is 15.4. The van der Waals surface area contributed by atoms with Crippen LogP contribution in [0.15, 0.2) is 18.5 Å². The summed E-state index contributed by atoms with van der Waals surface area (Å²) in [6, 6.07) is 1.17. The van der Waals surface area contributed by atoms with Crippen molar-refractivity contribution in [1.82, 2.24) is 4.98 Å². The van der Waals surface area contributed by atoms with E-state index in [1.165, 1.54) is 13.3 Å². The molecular formula is C10H15N3O2. The summed E-state index contributed by atoms with van der Waals surface area (Å²) in [5.74, 6) is 0.338. The molecule has 3 N–H and O–H groups in total. The Bertz CT molecular complexity index is 341. The molecule has 0 bridgehead atoms. The monoisotopic (exact) mass is 209 g/mol. The van der Waals surface area contributed by atoms with Crippen molar-refractivity contribution in [1.29, 1.82) is 0 Å². The van der Waals surface area contributed by atoms with Gasteiger partial charge < -0.3 is 15.8 Å². The molecule has 0 saturated carbocycles. The van der Waals surface area contributed by atoms with Crippen molar-refractivity contribution in [3.8, 4) is 5.75 Å². The van der Waals surface area contributed by atoms with E-state index in [-0.39, 0.29) is 5.91 Å². The van der Waals surface area contributed by atoms with E-state index < -0.39 is 6.04 Å². The van der Waals surface area contributed by atoms with Crippen molar-refractivity contribution in [3.05, 3.63) is 18.5 Å². The standard InChI is InChI=1S/C10H15N3O2/c1-3-7(11)10(14)13-8-6-12-5-4-9(8)15-2/h4-7H,3,11H2,1-2H3,(H,13,14)/t7-/m0/s1. The fraction of sp³-hybridized carbons (Fsp3) is 0.400. The number of ether oxygens (including phenoxy) is 1. The zero-order valence-electron chi connectivity index (χ0n) is 8.86. The molecule has 0 aliphatic rings. The third-order valence-electron chi connectivity index (χ3n) is 2.04. The van der Waals surface area contributed by atoms with Crippen LogP contribution >= 0.6 is 0 Å². The van der Waals surface area contributed by atoms with E-state index in [9.17, 15) is 4.79 Å². The van der Waals surface area contributed by atoms with Crippen LogP contribution in [0.4, 0.5) is 5.69 Å². The smallest absolute Gasteiger partial charge is 0.241 e. The molecule has 0 aliphatic heterocycles. The van der Waals surface area contributed by atoms with Crippen molar-refractivity contribution in [2.45, 2.75) is 19.4 Å². The van der Waals surface area contributed by atoms with E-state index in [0.717, 1.165) is 0 Å². The summed E-state index contributed by atoms with van der Waals surface area (Å²) in [7, 11) is 1.53. The van der Waals surface area contributed by atoms with Gasteiger partial charge in [0.2, 0.25) is 5.91 Å². The largest absolute Gasteiger partial charge is 0.494 e. The number of rotatable bonds is 4. The molecular weight excluding hydrogens is 194 g/mol. The topological polar surface area (TPSA) is 77.2 Å². The highest BCUT2D eigenvalue weighted by molar-refractivity contribution is 5.95. The van der Waals surface area contributed by atoms with E-state index in [4.69, 9.17) is 10.5 Å². The Hall–Kier alpha value is -1.62. The molecule has 0 unspecified atom stereocenters. The minimum absolute atomic E-state index is 0.233. The molecule has 5 nitrogen and oxygen atoms in total. The number of aromatic nitrogens is 1. The Balaban J connectivity index is 2.76. The number of nitrogens with one attached hydrogen (secondary N) is 1. The predicted octanol–water partition coefficient (Wildman–Crippen LogP) is 0.766. The second-order valence-electron chi connectivity index (χ2n) is 3.08. The van der Waals surface area contributed by atoms with Crippen LogP contribution in [-0.2, 0) is 4.79 Å². The van der Waals surface area contributed by atoms with Crippen molar-refractivity contribution in [3.63, 3.8) is 0 Å². The highest BCUT2D eigenvalue weighted by atomic mass is 16.5. The van der Waals surface area contributed by atoms with E-state index in [2.05, 4.69) is 10.3 Å². The number of nitrogens with zero attached hydrogens (tertiary/aromatic N) is 1. The maximum Gasteiger partial charge on any atom is 0.241 e. The Kier molecular flexibility index (Phi) is 4.05. The molecule has 0 spiro atoms. The highest BCUT2D eigenvalue weighted by Crippen LogP contribution is 2.21. The van der Waals surface area contributed by atoms with Gasteiger partial charge in [0.1, 0.15) is 11.4 Å². The number of pyridine rings is 1. The third-order valence-corrected chi connectivity index (χ3v) is 2.04. The fourth-order valence-corrected chi connectivity index (χ4v) is 1.06.